The third-order valence-electron chi connectivity index (χ3n) is 4.31. The van der Waals surface area contributed by atoms with E-state index in [-0.39, 0.29) is 31.6 Å². The SMILES string of the molecule is CC(=O)/C=C(/C)O.Cc1cc(C)cc(-c2cc3cc(-c4[c-]cccc4)ncc3s2)c1.[Ir]. The summed E-state index contributed by atoms with van der Waals surface area (Å²) < 4.78 is 1.22. The molecule has 161 valence electrons. The molecule has 0 amide bonds. The smallest absolute Gasteiger partial charge is 0.155 e. The Balaban J connectivity index is 0.000000373. The number of pyridine rings is 1. The van der Waals surface area contributed by atoms with Crippen LogP contribution in [0.2, 0.25) is 0 Å². The topological polar surface area (TPSA) is 50.2 Å². The first kappa shape index (κ1) is 24.7. The maximum atomic E-state index is 10.0. The van der Waals surface area contributed by atoms with Gasteiger partial charge in [0, 0.05) is 37.3 Å². The summed E-state index contributed by atoms with van der Waals surface area (Å²) in [5.41, 5.74) is 5.90. The second-order valence-electron chi connectivity index (χ2n) is 7.27. The number of carbonyl (C=O) groups excluding carboxylic acids is 1. The molecule has 0 unspecified atom stereocenters. The standard InChI is InChI=1S/C21H16NS.C5H8O2.Ir/c1-14-8-15(2)10-17(9-14)20-12-18-11-19(22-13-21(18)23-20)16-6-4-3-5-7-16;1-4(6)3-5(2)7;/h3-6,8-13H,1-2H3;3,6H,1-2H3;/q-1;;/b;4-3-;. The van der Waals surface area contributed by atoms with Crippen molar-refractivity contribution in [3.05, 3.63) is 89.8 Å². The Morgan fingerprint density at radius 3 is 2.32 bits per heavy atom. The number of hydrogen-bond donors (Lipinski definition) is 1. The number of hydrogen-bond acceptors (Lipinski definition) is 4. The molecule has 0 spiro atoms. The number of allylic oxidation sites excluding steroid dienone is 2. The van der Waals surface area contributed by atoms with Gasteiger partial charge in [0.2, 0.25) is 0 Å². The average molecular weight is 607 g/mol. The van der Waals surface area contributed by atoms with Gasteiger partial charge in [-0.2, -0.15) is 0 Å². The summed E-state index contributed by atoms with van der Waals surface area (Å²) >= 11 is 1.80. The van der Waals surface area contributed by atoms with Gasteiger partial charge >= 0.3 is 0 Å². The Morgan fingerprint density at radius 1 is 1.06 bits per heavy atom. The maximum absolute atomic E-state index is 10.0. The predicted molar refractivity (Wildman–Crippen MR) is 126 cm³/mol. The van der Waals surface area contributed by atoms with Crippen LogP contribution in [0.1, 0.15) is 25.0 Å². The van der Waals surface area contributed by atoms with Crippen LogP contribution in [0.4, 0.5) is 0 Å². The molecule has 0 aliphatic carbocycles. The number of rotatable bonds is 3. The second kappa shape index (κ2) is 11.1. The van der Waals surface area contributed by atoms with Crippen LogP contribution in [0.5, 0.6) is 0 Å². The van der Waals surface area contributed by atoms with Gasteiger partial charge in [-0.15, -0.1) is 47.2 Å². The van der Waals surface area contributed by atoms with Crippen molar-refractivity contribution in [3.63, 3.8) is 0 Å². The number of aromatic nitrogens is 1. The number of thiophene rings is 1. The molecule has 31 heavy (non-hydrogen) atoms. The van der Waals surface area contributed by atoms with Crippen molar-refractivity contribution in [2.75, 3.05) is 0 Å². The maximum Gasteiger partial charge on any atom is 0.155 e. The van der Waals surface area contributed by atoms with Gasteiger partial charge in [0.15, 0.2) is 5.78 Å². The Kier molecular flexibility index (Phi) is 8.87. The molecule has 1 radical (unpaired) electrons. The van der Waals surface area contributed by atoms with Crippen LogP contribution in [0, 0.1) is 19.9 Å². The zero-order valence-electron chi connectivity index (χ0n) is 17.9. The first-order chi connectivity index (χ1) is 14.3. The van der Waals surface area contributed by atoms with Crippen molar-refractivity contribution >= 4 is 27.2 Å². The molecule has 0 aliphatic rings. The van der Waals surface area contributed by atoms with Crippen LogP contribution >= 0.6 is 11.3 Å². The Morgan fingerprint density at radius 2 is 1.77 bits per heavy atom. The molecule has 4 rings (SSSR count). The number of aryl methyl sites for hydroxylation is 2. The Labute approximate surface area is 200 Å². The van der Waals surface area contributed by atoms with Crippen LogP contribution in [-0.2, 0) is 24.9 Å². The van der Waals surface area contributed by atoms with E-state index in [1.807, 2.05) is 30.5 Å². The summed E-state index contributed by atoms with van der Waals surface area (Å²) in [6.45, 7) is 7.14. The molecule has 0 saturated carbocycles. The minimum absolute atomic E-state index is 0. The molecule has 4 aromatic rings. The molecule has 0 fully saturated rings. The molecular weight excluding hydrogens is 583 g/mol. The van der Waals surface area contributed by atoms with Gasteiger partial charge < -0.3 is 10.1 Å². The number of aliphatic hydroxyl groups is 1. The number of ketones is 1. The summed E-state index contributed by atoms with van der Waals surface area (Å²) in [6, 6.07) is 22.3. The zero-order chi connectivity index (χ0) is 21.7. The van der Waals surface area contributed by atoms with E-state index < -0.39 is 0 Å². The number of benzene rings is 2. The van der Waals surface area contributed by atoms with Crippen molar-refractivity contribution in [2.24, 2.45) is 0 Å². The van der Waals surface area contributed by atoms with Crippen LogP contribution in [0.15, 0.2) is 72.6 Å². The van der Waals surface area contributed by atoms with E-state index in [0.717, 1.165) is 11.3 Å². The number of aliphatic hydroxyl groups excluding tert-OH is 1. The van der Waals surface area contributed by atoms with Crippen molar-refractivity contribution in [2.45, 2.75) is 27.7 Å². The minimum atomic E-state index is -0.125. The normalized spacial score (nSPS) is 10.8. The number of fused-ring (bicyclic) bond motifs is 1. The van der Waals surface area contributed by atoms with E-state index in [4.69, 9.17) is 5.11 Å². The van der Waals surface area contributed by atoms with Crippen molar-refractivity contribution in [1.82, 2.24) is 4.98 Å². The molecule has 2 heterocycles. The molecule has 5 heteroatoms. The van der Waals surface area contributed by atoms with Gasteiger partial charge in [0.25, 0.3) is 0 Å². The molecular formula is C26H24IrNO2S-. The first-order valence-corrected chi connectivity index (χ1v) is 10.5. The van der Waals surface area contributed by atoms with Gasteiger partial charge in [-0.3, -0.25) is 4.79 Å². The largest absolute Gasteiger partial charge is 0.512 e. The second-order valence-corrected chi connectivity index (χ2v) is 8.35. The van der Waals surface area contributed by atoms with Crippen molar-refractivity contribution in [3.8, 4) is 21.7 Å². The minimum Gasteiger partial charge on any atom is -0.512 e. The summed E-state index contributed by atoms with van der Waals surface area (Å²) in [6.07, 6.45) is 3.14. The van der Waals surface area contributed by atoms with E-state index in [1.165, 1.54) is 51.6 Å². The van der Waals surface area contributed by atoms with Crippen molar-refractivity contribution < 1.29 is 30.0 Å². The fourth-order valence-corrected chi connectivity index (χ4v) is 4.20. The van der Waals surface area contributed by atoms with Crippen LogP contribution in [-0.4, -0.2) is 15.9 Å². The molecule has 2 aromatic heterocycles. The molecule has 0 bridgehead atoms. The quantitative estimate of drug-likeness (QED) is 0.154. The summed E-state index contributed by atoms with van der Waals surface area (Å²) in [5, 5.41) is 9.61. The van der Waals surface area contributed by atoms with E-state index in [2.05, 4.69) is 55.2 Å². The summed E-state index contributed by atoms with van der Waals surface area (Å²) in [4.78, 5) is 15.9. The summed E-state index contributed by atoms with van der Waals surface area (Å²) in [5.74, 6) is -0.0625. The van der Waals surface area contributed by atoms with E-state index in [0.29, 0.717) is 0 Å². The van der Waals surface area contributed by atoms with Crippen LogP contribution in [0.3, 0.4) is 0 Å². The van der Waals surface area contributed by atoms with Gasteiger partial charge in [-0.05, 0) is 50.4 Å². The van der Waals surface area contributed by atoms with Crippen LogP contribution < -0.4 is 0 Å². The summed E-state index contributed by atoms with van der Waals surface area (Å²) in [7, 11) is 0. The van der Waals surface area contributed by atoms with Gasteiger partial charge in [0.1, 0.15) is 0 Å². The van der Waals surface area contributed by atoms with Gasteiger partial charge in [-0.1, -0.05) is 35.4 Å². The van der Waals surface area contributed by atoms with Gasteiger partial charge in [0.05, 0.1) is 10.5 Å². The molecule has 3 nitrogen and oxygen atoms in total. The number of carbonyl (C=O) groups is 1. The molecule has 0 saturated heterocycles. The number of nitrogens with zero attached hydrogens (tertiary/aromatic N) is 1. The van der Waals surface area contributed by atoms with E-state index >= 15 is 0 Å². The third kappa shape index (κ3) is 6.96. The Hall–Kier alpha value is -2.59. The van der Waals surface area contributed by atoms with Gasteiger partial charge in [-0.25, -0.2) is 0 Å². The monoisotopic (exact) mass is 607 g/mol. The Bertz CT molecular complexity index is 1190. The predicted octanol–water partition coefficient (Wildman–Crippen LogP) is 7.08. The third-order valence-corrected chi connectivity index (χ3v) is 5.44. The average Bonchev–Trinajstić information content (AvgIpc) is 3.11. The zero-order valence-corrected chi connectivity index (χ0v) is 21.1. The molecule has 1 N–H and O–H groups in total. The van der Waals surface area contributed by atoms with E-state index in [9.17, 15) is 4.79 Å². The van der Waals surface area contributed by atoms with Crippen molar-refractivity contribution in [1.29, 1.82) is 0 Å². The first-order valence-electron chi connectivity index (χ1n) is 9.65. The molecule has 0 aliphatic heterocycles. The molecule has 0 atom stereocenters. The fourth-order valence-electron chi connectivity index (χ4n) is 3.20. The van der Waals surface area contributed by atoms with Crippen LogP contribution in [0.25, 0.3) is 31.8 Å². The van der Waals surface area contributed by atoms with E-state index in [1.54, 1.807) is 11.3 Å². The fraction of sp³-hybridized carbons (Fsp3) is 0.154. The molecule has 2 aromatic carbocycles.